The largest absolute Gasteiger partial charge is 0.495 e. The summed E-state index contributed by atoms with van der Waals surface area (Å²) in [6.07, 6.45) is 3.30. The number of aromatic nitrogens is 1. The lowest BCUT2D eigenvalue weighted by atomic mass is 10.3. The molecule has 0 atom stereocenters. The summed E-state index contributed by atoms with van der Waals surface area (Å²) in [5.74, 6) is 0.789. The average molecular weight is 122 g/mol. The molecule has 0 saturated heterocycles. The number of aryl methyl sites for hydroxylation is 1. The topological polar surface area (TPSA) is 22.1 Å². The van der Waals surface area contributed by atoms with Crippen LogP contribution in [0.1, 0.15) is 5.56 Å². The minimum atomic E-state index is 0.789. The van der Waals surface area contributed by atoms with Crippen LogP contribution in [0, 0.1) is 13.0 Å². The summed E-state index contributed by atoms with van der Waals surface area (Å²) in [6.45, 7) is 1.93. The summed E-state index contributed by atoms with van der Waals surface area (Å²) in [7, 11) is 1.62. The Balaban J connectivity index is 3.01. The first kappa shape index (κ1) is 6.08. The molecular weight excluding hydrogens is 114 g/mol. The van der Waals surface area contributed by atoms with Crippen LogP contribution in [0.15, 0.2) is 12.4 Å². The maximum atomic E-state index is 4.95. The van der Waals surface area contributed by atoms with E-state index in [9.17, 15) is 0 Å². The van der Waals surface area contributed by atoms with Gasteiger partial charge in [0.05, 0.1) is 13.3 Å². The van der Waals surface area contributed by atoms with Gasteiger partial charge in [-0.1, -0.05) is 0 Å². The second-order valence-corrected chi connectivity index (χ2v) is 1.74. The molecule has 1 radical (unpaired) electrons. The monoisotopic (exact) mass is 122 g/mol. The molecule has 2 heteroatoms. The molecule has 1 aromatic heterocycles. The maximum Gasteiger partial charge on any atom is 0.140 e. The minimum absolute atomic E-state index is 0.789. The van der Waals surface area contributed by atoms with Gasteiger partial charge >= 0.3 is 0 Å². The van der Waals surface area contributed by atoms with Crippen molar-refractivity contribution in [1.82, 2.24) is 4.98 Å². The molecule has 2 nitrogen and oxygen atoms in total. The Labute approximate surface area is 54.5 Å². The smallest absolute Gasteiger partial charge is 0.140 e. The van der Waals surface area contributed by atoms with Crippen LogP contribution >= 0.6 is 0 Å². The molecule has 0 aliphatic heterocycles. The van der Waals surface area contributed by atoms with E-state index in [0.717, 1.165) is 11.3 Å². The Morgan fingerprint density at radius 1 is 1.67 bits per heavy atom. The molecule has 0 amide bonds. The van der Waals surface area contributed by atoms with Gasteiger partial charge in [-0.15, -0.1) is 0 Å². The number of hydrogen-bond donors (Lipinski definition) is 0. The quantitative estimate of drug-likeness (QED) is 0.558. The van der Waals surface area contributed by atoms with E-state index < -0.39 is 0 Å². The van der Waals surface area contributed by atoms with E-state index in [1.165, 1.54) is 0 Å². The second kappa shape index (κ2) is 2.49. The lowest BCUT2D eigenvalue weighted by Gasteiger charge is -1.99. The molecule has 0 aromatic carbocycles. The first-order chi connectivity index (χ1) is 4.34. The Bertz CT molecular complexity index is 198. The van der Waals surface area contributed by atoms with E-state index in [1.807, 2.05) is 6.92 Å². The number of ether oxygens (including phenoxy) is 1. The second-order valence-electron chi connectivity index (χ2n) is 1.74. The number of methoxy groups -OCH3 is 1. The van der Waals surface area contributed by atoms with Crippen molar-refractivity contribution < 1.29 is 4.74 Å². The molecule has 1 heterocycles. The zero-order valence-electron chi connectivity index (χ0n) is 5.51. The van der Waals surface area contributed by atoms with E-state index in [0.29, 0.717) is 0 Å². The fourth-order valence-electron chi connectivity index (χ4n) is 0.613. The fraction of sp³-hybridized carbons (Fsp3) is 0.286. The van der Waals surface area contributed by atoms with Crippen LogP contribution in [-0.4, -0.2) is 12.1 Å². The van der Waals surface area contributed by atoms with Crippen LogP contribution in [0.25, 0.3) is 0 Å². The normalized spacial score (nSPS) is 9.11. The van der Waals surface area contributed by atoms with E-state index in [1.54, 1.807) is 19.5 Å². The predicted octanol–water partition coefficient (Wildman–Crippen LogP) is 1.20. The lowest BCUT2D eigenvalue weighted by molar-refractivity contribution is 0.409. The van der Waals surface area contributed by atoms with Crippen molar-refractivity contribution in [2.45, 2.75) is 6.92 Å². The number of hydrogen-bond acceptors (Lipinski definition) is 2. The van der Waals surface area contributed by atoms with Crippen molar-refractivity contribution >= 4 is 0 Å². The van der Waals surface area contributed by atoms with Crippen LogP contribution in [0.4, 0.5) is 0 Å². The van der Waals surface area contributed by atoms with E-state index in [4.69, 9.17) is 4.74 Å². The van der Waals surface area contributed by atoms with Gasteiger partial charge in [-0.2, -0.15) is 0 Å². The summed E-state index contributed by atoms with van der Waals surface area (Å²) >= 11 is 0. The van der Waals surface area contributed by atoms with Gasteiger partial charge in [-0.3, -0.25) is 4.98 Å². The number of pyridine rings is 1. The maximum absolute atomic E-state index is 4.95. The Morgan fingerprint density at radius 2 is 2.44 bits per heavy atom. The summed E-state index contributed by atoms with van der Waals surface area (Å²) in [4.78, 5) is 3.84. The molecule has 47 valence electrons. The van der Waals surface area contributed by atoms with Gasteiger partial charge in [0.25, 0.3) is 0 Å². The van der Waals surface area contributed by atoms with Gasteiger partial charge in [0.2, 0.25) is 0 Å². The van der Waals surface area contributed by atoms with Crippen LogP contribution in [0.2, 0.25) is 0 Å². The van der Waals surface area contributed by atoms with Gasteiger partial charge in [-0.05, 0) is 6.92 Å². The molecular formula is C7H8NO. The van der Waals surface area contributed by atoms with Crippen LogP contribution in [0.3, 0.4) is 0 Å². The number of nitrogens with zero attached hydrogens (tertiary/aromatic N) is 1. The molecule has 0 unspecified atom stereocenters. The van der Waals surface area contributed by atoms with Crippen molar-refractivity contribution in [3.8, 4) is 5.75 Å². The van der Waals surface area contributed by atoms with Gasteiger partial charge in [0.15, 0.2) is 0 Å². The van der Waals surface area contributed by atoms with E-state index in [2.05, 4.69) is 11.1 Å². The van der Waals surface area contributed by atoms with Crippen molar-refractivity contribution in [2.75, 3.05) is 7.11 Å². The van der Waals surface area contributed by atoms with Crippen molar-refractivity contribution in [3.05, 3.63) is 24.0 Å². The third-order valence-electron chi connectivity index (χ3n) is 1.14. The zero-order valence-corrected chi connectivity index (χ0v) is 5.51. The standard InChI is InChI=1S/C7H8NO/c1-6-3-4-8-5-7(6)9-2/h4-5H,1-2H3. The van der Waals surface area contributed by atoms with Crippen molar-refractivity contribution in [1.29, 1.82) is 0 Å². The first-order valence-electron chi connectivity index (χ1n) is 2.71. The highest BCUT2D eigenvalue weighted by atomic mass is 16.5. The molecule has 0 aliphatic carbocycles. The van der Waals surface area contributed by atoms with Gasteiger partial charge < -0.3 is 4.74 Å². The average Bonchev–Trinajstić information content (AvgIpc) is 1.89. The molecule has 0 bridgehead atoms. The van der Waals surface area contributed by atoms with E-state index in [-0.39, 0.29) is 0 Å². The van der Waals surface area contributed by atoms with Crippen LogP contribution in [-0.2, 0) is 0 Å². The Hall–Kier alpha value is -1.05. The Morgan fingerprint density at radius 3 is 2.89 bits per heavy atom. The molecule has 0 aliphatic rings. The minimum Gasteiger partial charge on any atom is -0.495 e. The van der Waals surface area contributed by atoms with Gasteiger partial charge in [0, 0.05) is 17.8 Å². The van der Waals surface area contributed by atoms with Crippen molar-refractivity contribution in [3.63, 3.8) is 0 Å². The van der Waals surface area contributed by atoms with Crippen molar-refractivity contribution in [2.24, 2.45) is 0 Å². The van der Waals surface area contributed by atoms with Crippen LogP contribution in [0.5, 0.6) is 5.75 Å². The molecule has 0 saturated carbocycles. The lowest BCUT2D eigenvalue weighted by Crippen LogP contribution is -1.86. The Kier molecular flexibility index (Phi) is 1.68. The highest BCUT2D eigenvalue weighted by Crippen LogP contribution is 2.11. The highest BCUT2D eigenvalue weighted by molar-refractivity contribution is 5.26. The third-order valence-corrected chi connectivity index (χ3v) is 1.14. The summed E-state index contributed by atoms with van der Waals surface area (Å²) in [5, 5.41) is 0. The molecule has 1 aromatic rings. The SMILES string of the molecule is COc1cnc[c]c1C. The van der Waals surface area contributed by atoms with E-state index >= 15 is 0 Å². The molecule has 0 fully saturated rings. The molecule has 0 spiro atoms. The molecule has 0 N–H and O–H groups in total. The van der Waals surface area contributed by atoms with Crippen LogP contribution < -0.4 is 4.74 Å². The molecule has 9 heavy (non-hydrogen) atoms. The summed E-state index contributed by atoms with van der Waals surface area (Å²) in [6, 6.07) is 2.91. The van der Waals surface area contributed by atoms with Gasteiger partial charge in [-0.25, -0.2) is 0 Å². The summed E-state index contributed by atoms with van der Waals surface area (Å²) < 4.78 is 4.95. The van der Waals surface area contributed by atoms with Gasteiger partial charge in [0.1, 0.15) is 5.75 Å². The molecule has 1 rings (SSSR count). The zero-order chi connectivity index (χ0) is 6.69. The summed E-state index contributed by atoms with van der Waals surface area (Å²) in [5.41, 5.74) is 0.993. The first-order valence-corrected chi connectivity index (χ1v) is 2.71. The third kappa shape index (κ3) is 1.19. The predicted molar refractivity (Wildman–Crippen MR) is 34.4 cm³/mol. The fourth-order valence-corrected chi connectivity index (χ4v) is 0.613. The highest BCUT2D eigenvalue weighted by Gasteiger charge is 1.92. The number of rotatable bonds is 1.